The number of carboxylic acid groups (broad SMARTS) is 1. The Morgan fingerprint density at radius 2 is 2.24 bits per heavy atom. The fraction of sp³-hybridized carbons (Fsp3) is 0.818. The average Bonchev–Trinajstić information content (AvgIpc) is 2.72. The Labute approximate surface area is 100 Å². The van der Waals surface area contributed by atoms with E-state index in [0.717, 1.165) is 19.5 Å². The Balaban J connectivity index is 1.79. The number of carbonyl (C=O) groups is 2. The van der Waals surface area contributed by atoms with Crippen LogP contribution in [-0.2, 0) is 14.3 Å². The molecule has 2 aliphatic rings. The lowest BCUT2D eigenvalue weighted by atomic mass is 10.2. The first kappa shape index (κ1) is 12.3. The second-order valence-electron chi connectivity index (χ2n) is 4.71. The highest BCUT2D eigenvalue weighted by Crippen LogP contribution is 2.21. The van der Waals surface area contributed by atoms with Gasteiger partial charge in [0.25, 0.3) is 0 Å². The zero-order chi connectivity index (χ0) is 12.4. The number of piperazine rings is 1. The summed E-state index contributed by atoms with van der Waals surface area (Å²) in [5.74, 6) is -0.772. The van der Waals surface area contributed by atoms with Gasteiger partial charge in [-0.2, -0.15) is 0 Å². The summed E-state index contributed by atoms with van der Waals surface area (Å²) in [4.78, 5) is 26.0. The normalized spacial score (nSPS) is 30.9. The molecule has 1 N–H and O–H groups in total. The molecule has 2 unspecified atom stereocenters. The second-order valence-corrected chi connectivity index (χ2v) is 4.71. The summed E-state index contributed by atoms with van der Waals surface area (Å²) in [6.07, 6.45) is 0.620. The first-order valence-electron chi connectivity index (χ1n) is 5.91. The minimum absolute atomic E-state index is 0.0488. The monoisotopic (exact) mass is 242 g/mol. The van der Waals surface area contributed by atoms with Crippen LogP contribution in [0.15, 0.2) is 0 Å². The second kappa shape index (κ2) is 5.01. The Kier molecular flexibility index (Phi) is 3.63. The molecule has 0 spiro atoms. The van der Waals surface area contributed by atoms with Crippen LogP contribution in [0.25, 0.3) is 0 Å². The number of likely N-dealkylation sites (N-methyl/N-ethyl adjacent to an activating group) is 1. The smallest absolute Gasteiger partial charge is 0.332 e. The van der Waals surface area contributed by atoms with Crippen molar-refractivity contribution in [1.29, 1.82) is 0 Å². The first-order valence-corrected chi connectivity index (χ1v) is 5.91. The number of amides is 1. The Bertz CT molecular complexity index is 321. The van der Waals surface area contributed by atoms with E-state index in [9.17, 15) is 9.59 Å². The van der Waals surface area contributed by atoms with E-state index in [-0.39, 0.29) is 12.0 Å². The van der Waals surface area contributed by atoms with E-state index in [2.05, 4.69) is 0 Å². The summed E-state index contributed by atoms with van der Waals surface area (Å²) in [6.45, 7) is 2.63. The molecular formula is C11H18N2O4. The van der Waals surface area contributed by atoms with Gasteiger partial charge in [0, 0.05) is 26.7 Å². The number of nitrogens with zero attached hydrogens (tertiary/aromatic N) is 2. The summed E-state index contributed by atoms with van der Waals surface area (Å²) in [5.41, 5.74) is 0. The van der Waals surface area contributed by atoms with Gasteiger partial charge >= 0.3 is 5.97 Å². The molecule has 2 rings (SSSR count). The Morgan fingerprint density at radius 1 is 1.47 bits per heavy atom. The lowest BCUT2D eigenvalue weighted by molar-refractivity contribution is -0.150. The number of hydrogen-bond donors (Lipinski definition) is 1. The van der Waals surface area contributed by atoms with Gasteiger partial charge in [-0.3, -0.25) is 9.69 Å². The van der Waals surface area contributed by atoms with Gasteiger partial charge in [0.2, 0.25) is 5.91 Å². The molecule has 0 aliphatic carbocycles. The maximum absolute atomic E-state index is 11.5. The van der Waals surface area contributed by atoms with Gasteiger partial charge in [0.1, 0.15) is 0 Å². The third kappa shape index (κ3) is 2.95. The van der Waals surface area contributed by atoms with Crippen LogP contribution in [0.4, 0.5) is 0 Å². The standard InChI is InChI=1S/C11H18N2O4/c1-12-4-5-13(7-10(12)14)6-8-2-3-9(17-8)11(15)16/h8-9H,2-7H2,1H3,(H,15,16). The van der Waals surface area contributed by atoms with Gasteiger partial charge in [-0.25, -0.2) is 4.79 Å². The third-order valence-corrected chi connectivity index (χ3v) is 3.38. The number of hydrogen-bond acceptors (Lipinski definition) is 4. The molecule has 0 aromatic rings. The van der Waals surface area contributed by atoms with E-state index in [1.54, 1.807) is 11.9 Å². The zero-order valence-electron chi connectivity index (χ0n) is 9.96. The Morgan fingerprint density at radius 3 is 2.82 bits per heavy atom. The molecule has 2 saturated heterocycles. The maximum Gasteiger partial charge on any atom is 0.332 e. The Hall–Kier alpha value is -1.14. The van der Waals surface area contributed by atoms with Gasteiger partial charge in [-0.1, -0.05) is 0 Å². The summed E-state index contributed by atoms with van der Waals surface area (Å²) >= 11 is 0. The third-order valence-electron chi connectivity index (χ3n) is 3.38. The van der Waals surface area contributed by atoms with Crippen LogP contribution in [-0.4, -0.2) is 72.2 Å². The van der Waals surface area contributed by atoms with Crippen LogP contribution in [0.2, 0.25) is 0 Å². The highest BCUT2D eigenvalue weighted by Gasteiger charge is 2.32. The summed E-state index contributed by atoms with van der Waals surface area (Å²) in [7, 11) is 1.80. The van der Waals surface area contributed by atoms with Crippen molar-refractivity contribution in [3.05, 3.63) is 0 Å². The van der Waals surface area contributed by atoms with Gasteiger partial charge in [0.15, 0.2) is 6.10 Å². The van der Waals surface area contributed by atoms with Crippen LogP contribution in [0.3, 0.4) is 0 Å². The number of rotatable bonds is 3. The fourth-order valence-electron chi connectivity index (χ4n) is 2.27. The first-order chi connectivity index (χ1) is 8.06. The van der Waals surface area contributed by atoms with Crippen molar-refractivity contribution < 1.29 is 19.4 Å². The summed E-state index contributed by atoms with van der Waals surface area (Å²) in [5, 5.41) is 8.81. The maximum atomic E-state index is 11.5. The van der Waals surface area contributed by atoms with Gasteiger partial charge in [0.05, 0.1) is 12.6 Å². The quantitative estimate of drug-likeness (QED) is 0.715. The molecule has 2 atom stereocenters. The van der Waals surface area contributed by atoms with Crippen molar-refractivity contribution in [2.45, 2.75) is 25.0 Å². The molecule has 6 heteroatoms. The summed E-state index contributed by atoms with van der Waals surface area (Å²) < 4.78 is 5.42. The zero-order valence-corrected chi connectivity index (χ0v) is 9.96. The predicted octanol–water partition coefficient (Wildman–Crippen LogP) is -0.607. The van der Waals surface area contributed by atoms with Crippen LogP contribution < -0.4 is 0 Å². The molecule has 0 bridgehead atoms. The molecule has 96 valence electrons. The van der Waals surface area contributed by atoms with E-state index in [1.165, 1.54) is 0 Å². The van der Waals surface area contributed by atoms with E-state index < -0.39 is 12.1 Å². The molecule has 6 nitrogen and oxygen atoms in total. The molecule has 17 heavy (non-hydrogen) atoms. The van der Waals surface area contributed by atoms with Crippen molar-refractivity contribution in [1.82, 2.24) is 9.80 Å². The molecule has 2 heterocycles. The van der Waals surface area contributed by atoms with Crippen LogP contribution in [0.5, 0.6) is 0 Å². The van der Waals surface area contributed by atoms with Crippen LogP contribution in [0, 0.1) is 0 Å². The summed E-state index contributed by atoms with van der Waals surface area (Å²) in [6, 6.07) is 0. The molecule has 0 aromatic heterocycles. The van der Waals surface area contributed by atoms with E-state index in [4.69, 9.17) is 9.84 Å². The highest BCUT2D eigenvalue weighted by molar-refractivity contribution is 5.78. The van der Waals surface area contributed by atoms with Gasteiger partial charge in [-0.15, -0.1) is 0 Å². The average molecular weight is 242 g/mol. The molecule has 2 fully saturated rings. The molecule has 0 radical (unpaired) electrons. The number of aliphatic carboxylic acids is 1. The molecule has 0 saturated carbocycles. The highest BCUT2D eigenvalue weighted by atomic mass is 16.5. The molecule has 1 amide bonds. The fourth-order valence-corrected chi connectivity index (χ4v) is 2.27. The van der Waals surface area contributed by atoms with Crippen LogP contribution >= 0.6 is 0 Å². The van der Waals surface area contributed by atoms with E-state index in [0.29, 0.717) is 19.5 Å². The van der Waals surface area contributed by atoms with Gasteiger partial charge < -0.3 is 14.7 Å². The van der Waals surface area contributed by atoms with E-state index in [1.807, 2.05) is 4.90 Å². The number of carboxylic acids is 1. The molecule has 0 aromatic carbocycles. The largest absolute Gasteiger partial charge is 0.479 e. The molecular weight excluding hydrogens is 224 g/mol. The van der Waals surface area contributed by atoms with Crippen molar-refractivity contribution >= 4 is 11.9 Å². The lowest BCUT2D eigenvalue weighted by Gasteiger charge is -2.33. The lowest BCUT2D eigenvalue weighted by Crippen LogP contribution is -2.50. The number of carbonyl (C=O) groups excluding carboxylic acids is 1. The van der Waals surface area contributed by atoms with Crippen molar-refractivity contribution in [2.75, 3.05) is 33.2 Å². The van der Waals surface area contributed by atoms with Crippen LogP contribution in [0.1, 0.15) is 12.8 Å². The van der Waals surface area contributed by atoms with Crippen molar-refractivity contribution in [3.8, 4) is 0 Å². The van der Waals surface area contributed by atoms with Gasteiger partial charge in [-0.05, 0) is 12.8 Å². The number of ether oxygens (including phenoxy) is 1. The van der Waals surface area contributed by atoms with E-state index >= 15 is 0 Å². The minimum atomic E-state index is -0.887. The predicted molar refractivity (Wildman–Crippen MR) is 59.6 cm³/mol. The molecule has 2 aliphatic heterocycles. The topological polar surface area (TPSA) is 70.1 Å². The van der Waals surface area contributed by atoms with Crippen molar-refractivity contribution in [2.24, 2.45) is 0 Å². The minimum Gasteiger partial charge on any atom is -0.479 e. The van der Waals surface area contributed by atoms with Crippen molar-refractivity contribution in [3.63, 3.8) is 0 Å². The SMILES string of the molecule is CN1CCN(CC2CCC(C(=O)O)O2)CC1=O.